The number of unbranched alkanes of at least 4 members (excludes halogenated alkanes) is 1. The summed E-state index contributed by atoms with van der Waals surface area (Å²) in [6, 6.07) is 0. The van der Waals surface area contributed by atoms with Gasteiger partial charge in [-0.25, -0.2) is 5.90 Å². The number of hydrogen-bond donors (Lipinski definition) is 1. The molecular formula is C8H17NO. The Morgan fingerprint density at radius 1 is 1.50 bits per heavy atom. The van der Waals surface area contributed by atoms with Crippen LogP contribution in [-0.4, -0.2) is 5.60 Å². The van der Waals surface area contributed by atoms with E-state index in [9.17, 15) is 0 Å². The maximum Gasteiger partial charge on any atom is 0.102 e. The standard InChI is InChI=1S/C8H17NO/c1-4-5-6-7-8(2,3)10-9/h6-7H,4-5,9H2,1-3H3/b7-6+. The van der Waals surface area contributed by atoms with Crippen LogP contribution in [-0.2, 0) is 4.84 Å². The van der Waals surface area contributed by atoms with Gasteiger partial charge in [-0.3, -0.25) is 4.84 Å². The van der Waals surface area contributed by atoms with E-state index in [1.165, 1.54) is 0 Å². The molecule has 0 bridgehead atoms. The molecule has 0 aliphatic carbocycles. The van der Waals surface area contributed by atoms with Gasteiger partial charge in [-0.05, 0) is 20.3 Å². The third-order valence-corrected chi connectivity index (χ3v) is 1.28. The van der Waals surface area contributed by atoms with Crippen LogP contribution in [0, 0.1) is 0 Å². The van der Waals surface area contributed by atoms with Crippen molar-refractivity contribution in [3.05, 3.63) is 12.2 Å². The van der Waals surface area contributed by atoms with Gasteiger partial charge >= 0.3 is 0 Å². The van der Waals surface area contributed by atoms with Crippen LogP contribution in [0.15, 0.2) is 12.2 Å². The van der Waals surface area contributed by atoms with Crippen LogP contribution in [0.2, 0.25) is 0 Å². The lowest BCUT2D eigenvalue weighted by molar-refractivity contribution is 0.0186. The molecule has 60 valence electrons. The van der Waals surface area contributed by atoms with E-state index in [0.29, 0.717) is 0 Å². The fourth-order valence-corrected chi connectivity index (χ4v) is 0.573. The Labute approximate surface area is 63.0 Å². The Morgan fingerprint density at radius 2 is 2.10 bits per heavy atom. The zero-order valence-corrected chi connectivity index (χ0v) is 7.05. The lowest BCUT2D eigenvalue weighted by atomic mass is 10.1. The van der Waals surface area contributed by atoms with Gasteiger partial charge in [0, 0.05) is 0 Å². The highest BCUT2D eigenvalue weighted by molar-refractivity contribution is 4.95. The molecule has 0 rings (SSSR count). The molecule has 0 amide bonds. The highest BCUT2D eigenvalue weighted by atomic mass is 16.6. The summed E-state index contributed by atoms with van der Waals surface area (Å²) < 4.78 is 0. The molecule has 0 aromatic carbocycles. The Bertz CT molecular complexity index is 108. The quantitative estimate of drug-likeness (QED) is 0.482. The minimum atomic E-state index is -0.310. The second-order valence-electron chi connectivity index (χ2n) is 2.91. The molecule has 0 aromatic rings. The van der Waals surface area contributed by atoms with E-state index in [-0.39, 0.29) is 5.60 Å². The molecule has 0 heterocycles. The molecule has 0 radical (unpaired) electrons. The maximum absolute atomic E-state index is 5.04. The second-order valence-corrected chi connectivity index (χ2v) is 2.91. The molecule has 0 saturated heterocycles. The summed E-state index contributed by atoms with van der Waals surface area (Å²) in [4.78, 5) is 4.70. The van der Waals surface area contributed by atoms with Crippen molar-refractivity contribution in [1.82, 2.24) is 0 Å². The average Bonchev–Trinajstić information content (AvgIpc) is 1.89. The smallest absolute Gasteiger partial charge is 0.102 e. The van der Waals surface area contributed by atoms with Crippen molar-refractivity contribution in [2.45, 2.75) is 39.2 Å². The van der Waals surface area contributed by atoms with E-state index >= 15 is 0 Å². The Balaban J connectivity index is 3.63. The van der Waals surface area contributed by atoms with Crippen LogP contribution in [0.25, 0.3) is 0 Å². The largest absolute Gasteiger partial charge is 0.294 e. The van der Waals surface area contributed by atoms with Gasteiger partial charge in [0.1, 0.15) is 5.60 Å². The second kappa shape index (κ2) is 4.47. The highest BCUT2D eigenvalue weighted by Gasteiger charge is 2.10. The Hall–Kier alpha value is -0.340. The van der Waals surface area contributed by atoms with Gasteiger partial charge in [-0.2, -0.15) is 0 Å². The van der Waals surface area contributed by atoms with Gasteiger partial charge in [0.2, 0.25) is 0 Å². The van der Waals surface area contributed by atoms with Crippen LogP contribution >= 0.6 is 0 Å². The van der Waals surface area contributed by atoms with Crippen LogP contribution in [0.5, 0.6) is 0 Å². The molecule has 0 aromatic heterocycles. The number of nitrogens with two attached hydrogens (primary N) is 1. The number of hydrogen-bond acceptors (Lipinski definition) is 2. The van der Waals surface area contributed by atoms with Gasteiger partial charge in [0.05, 0.1) is 0 Å². The molecule has 2 nitrogen and oxygen atoms in total. The normalized spacial score (nSPS) is 12.8. The van der Waals surface area contributed by atoms with Crippen molar-refractivity contribution in [2.75, 3.05) is 0 Å². The molecule has 0 saturated carbocycles. The molecule has 0 aliphatic rings. The predicted octanol–water partition coefficient (Wildman–Crippen LogP) is 2.01. The van der Waals surface area contributed by atoms with E-state index in [0.717, 1.165) is 12.8 Å². The summed E-state index contributed by atoms with van der Waals surface area (Å²) >= 11 is 0. The summed E-state index contributed by atoms with van der Waals surface area (Å²) in [7, 11) is 0. The molecule has 0 fully saturated rings. The molecule has 2 N–H and O–H groups in total. The minimum Gasteiger partial charge on any atom is -0.294 e. The molecule has 0 unspecified atom stereocenters. The average molecular weight is 143 g/mol. The maximum atomic E-state index is 5.04. The van der Waals surface area contributed by atoms with Crippen LogP contribution in [0.3, 0.4) is 0 Å². The van der Waals surface area contributed by atoms with Crippen molar-refractivity contribution >= 4 is 0 Å². The predicted molar refractivity (Wildman–Crippen MR) is 43.4 cm³/mol. The minimum absolute atomic E-state index is 0.310. The van der Waals surface area contributed by atoms with Crippen molar-refractivity contribution in [3.63, 3.8) is 0 Å². The first kappa shape index (κ1) is 9.66. The molecule has 0 aliphatic heterocycles. The topological polar surface area (TPSA) is 35.2 Å². The number of rotatable bonds is 4. The van der Waals surface area contributed by atoms with Crippen molar-refractivity contribution in [2.24, 2.45) is 5.90 Å². The summed E-state index contributed by atoms with van der Waals surface area (Å²) in [5.74, 6) is 5.04. The van der Waals surface area contributed by atoms with E-state index < -0.39 is 0 Å². The van der Waals surface area contributed by atoms with Crippen LogP contribution in [0.1, 0.15) is 33.6 Å². The first-order valence-electron chi connectivity index (χ1n) is 3.68. The Kier molecular flexibility index (Phi) is 4.32. The van der Waals surface area contributed by atoms with E-state index in [2.05, 4.69) is 13.0 Å². The SMILES string of the molecule is CCC/C=C/C(C)(C)ON. The van der Waals surface area contributed by atoms with Gasteiger partial charge in [0.25, 0.3) is 0 Å². The van der Waals surface area contributed by atoms with Crippen LogP contribution < -0.4 is 5.90 Å². The van der Waals surface area contributed by atoms with Crippen molar-refractivity contribution in [1.29, 1.82) is 0 Å². The number of allylic oxidation sites excluding steroid dienone is 1. The molecule has 10 heavy (non-hydrogen) atoms. The van der Waals surface area contributed by atoms with Gasteiger partial charge in [-0.1, -0.05) is 25.5 Å². The first-order valence-corrected chi connectivity index (χ1v) is 3.68. The van der Waals surface area contributed by atoms with Gasteiger partial charge < -0.3 is 0 Å². The first-order chi connectivity index (χ1) is 4.62. The van der Waals surface area contributed by atoms with Crippen LogP contribution in [0.4, 0.5) is 0 Å². The van der Waals surface area contributed by atoms with E-state index in [4.69, 9.17) is 10.7 Å². The third kappa shape index (κ3) is 4.53. The van der Waals surface area contributed by atoms with Gasteiger partial charge in [0.15, 0.2) is 0 Å². The third-order valence-electron chi connectivity index (χ3n) is 1.28. The monoisotopic (exact) mass is 143 g/mol. The summed E-state index contributed by atoms with van der Waals surface area (Å²) in [5, 5.41) is 0. The van der Waals surface area contributed by atoms with E-state index in [1.807, 2.05) is 19.9 Å². The summed E-state index contributed by atoms with van der Waals surface area (Å²) in [6.07, 6.45) is 6.33. The fraction of sp³-hybridized carbons (Fsp3) is 0.750. The molecular weight excluding hydrogens is 126 g/mol. The summed E-state index contributed by atoms with van der Waals surface area (Å²) in [5.41, 5.74) is -0.310. The summed E-state index contributed by atoms with van der Waals surface area (Å²) in [6.45, 7) is 6.00. The fourth-order valence-electron chi connectivity index (χ4n) is 0.573. The van der Waals surface area contributed by atoms with Gasteiger partial charge in [-0.15, -0.1) is 0 Å². The lowest BCUT2D eigenvalue weighted by Crippen LogP contribution is -2.24. The molecule has 0 spiro atoms. The Morgan fingerprint density at radius 3 is 2.50 bits per heavy atom. The van der Waals surface area contributed by atoms with Crippen molar-refractivity contribution < 1.29 is 4.84 Å². The van der Waals surface area contributed by atoms with E-state index in [1.54, 1.807) is 0 Å². The molecule has 0 atom stereocenters. The highest BCUT2D eigenvalue weighted by Crippen LogP contribution is 2.08. The zero-order valence-electron chi connectivity index (χ0n) is 7.05. The van der Waals surface area contributed by atoms with Crippen molar-refractivity contribution in [3.8, 4) is 0 Å². The lowest BCUT2D eigenvalue weighted by Gasteiger charge is -2.15. The molecule has 2 heteroatoms. The zero-order chi connectivity index (χ0) is 8.04.